The first kappa shape index (κ1) is 12.6. The summed E-state index contributed by atoms with van der Waals surface area (Å²) in [7, 11) is 0. The van der Waals surface area contributed by atoms with Crippen LogP contribution in [0.2, 0.25) is 0 Å². The van der Waals surface area contributed by atoms with Crippen LogP contribution in [-0.2, 0) is 0 Å². The highest BCUT2D eigenvalue weighted by molar-refractivity contribution is 9.11. The molecule has 0 spiro atoms. The average molecular weight is 384 g/mol. The van der Waals surface area contributed by atoms with Crippen molar-refractivity contribution in [2.45, 2.75) is 5.38 Å². The smallest absolute Gasteiger partial charge is 0.123 e. The van der Waals surface area contributed by atoms with Gasteiger partial charge in [-0.3, -0.25) is 0 Å². The summed E-state index contributed by atoms with van der Waals surface area (Å²) in [6, 6.07) is 8.39. The Morgan fingerprint density at radius 3 is 2.56 bits per heavy atom. The summed E-state index contributed by atoms with van der Waals surface area (Å²) in [6.07, 6.45) is 0. The van der Waals surface area contributed by atoms with E-state index in [4.69, 9.17) is 11.6 Å². The lowest BCUT2D eigenvalue weighted by Crippen LogP contribution is -1.92. The SMILES string of the molecule is Fc1ccc(Br)c(C(Cl)c2ccc(Br)s2)c1. The van der Waals surface area contributed by atoms with E-state index in [9.17, 15) is 4.39 Å². The van der Waals surface area contributed by atoms with E-state index >= 15 is 0 Å². The molecule has 0 nitrogen and oxygen atoms in total. The van der Waals surface area contributed by atoms with Gasteiger partial charge in [-0.1, -0.05) is 15.9 Å². The van der Waals surface area contributed by atoms with E-state index in [-0.39, 0.29) is 11.2 Å². The Hall–Kier alpha value is 0.1000. The van der Waals surface area contributed by atoms with Crippen molar-refractivity contribution in [1.29, 1.82) is 0 Å². The van der Waals surface area contributed by atoms with Gasteiger partial charge in [0.1, 0.15) is 5.82 Å². The highest BCUT2D eigenvalue weighted by atomic mass is 79.9. The van der Waals surface area contributed by atoms with E-state index in [0.29, 0.717) is 0 Å². The second-order valence-corrected chi connectivity index (χ2v) is 6.96. The predicted octanol–water partition coefficient (Wildman–Crippen LogP) is 5.74. The molecule has 0 bridgehead atoms. The summed E-state index contributed by atoms with van der Waals surface area (Å²) in [5, 5.41) is -0.332. The highest BCUT2D eigenvalue weighted by Crippen LogP contribution is 2.38. The molecular formula is C11H6Br2ClFS. The normalized spacial score (nSPS) is 12.8. The second-order valence-electron chi connectivity index (χ2n) is 3.17. The molecule has 5 heteroatoms. The van der Waals surface area contributed by atoms with Crippen LogP contribution in [0.1, 0.15) is 15.8 Å². The molecule has 1 aromatic heterocycles. The van der Waals surface area contributed by atoms with Gasteiger partial charge in [-0.2, -0.15) is 0 Å². The molecular weight excluding hydrogens is 378 g/mol. The van der Waals surface area contributed by atoms with E-state index in [1.54, 1.807) is 17.4 Å². The third kappa shape index (κ3) is 2.67. The molecule has 0 saturated carbocycles. The maximum atomic E-state index is 13.1. The monoisotopic (exact) mass is 382 g/mol. The predicted molar refractivity (Wildman–Crippen MR) is 73.8 cm³/mol. The number of benzene rings is 1. The van der Waals surface area contributed by atoms with Gasteiger partial charge in [-0.25, -0.2) is 4.39 Å². The topological polar surface area (TPSA) is 0 Å². The van der Waals surface area contributed by atoms with E-state index in [1.165, 1.54) is 12.1 Å². The van der Waals surface area contributed by atoms with Gasteiger partial charge in [-0.05, 0) is 51.8 Å². The molecule has 0 radical (unpaired) electrons. The summed E-state index contributed by atoms with van der Waals surface area (Å²) in [4.78, 5) is 0.986. The van der Waals surface area contributed by atoms with Gasteiger partial charge in [0.05, 0.1) is 9.16 Å². The van der Waals surface area contributed by atoms with Gasteiger partial charge < -0.3 is 0 Å². The zero-order chi connectivity index (χ0) is 11.7. The minimum atomic E-state index is -0.332. The Morgan fingerprint density at radius 2 is 1.94 bits per heavy atom. The summed E-state index contributed by atoms with van der Waals surface area (Å²) in [5.41, 5.74) is 0.746. The van der Waals surface area contributed by atoms with Crippen molar-refractivity contribution in [2.24, 2.45) is 0 Å². The Balaban J connectivity index is 2.40. The van der Waals surface area contributed by atoms with E-state index in [0.717, 1.165) is 18.7 Å². The standard InChI is InChI=1S/C11H6Br2ClFS/c12-8-2-1-6(15)5-7(8)11(14)9-3-4-10(13)16-9/h1-5,11H. The van der Waals surface area contributed by atoms with Gasteiger partial charge in [0.15, 0.2) is 0 Å². The zero-order valence-corrected chi connectivity index (χ0v) is 12.6. The van der Waals surface area contributed by atoms with Crippen molar-refractivity contribution in [2.75, 3.05) is 0 Å². The van der Waals surface area contributed by atoms with Gasteiger partial charge in [-0.15, -0.1) is 22.9 Å². The minimum absolute atomic E-state index is 0.278. The minimum Gasteiger partial charge on any atom is -0.207 e. The maximum absolute atomic E-state index is 13.1. The van der Waals surface area contributed by atoms with E-state index < -0.39 is 0 Å². The lowest BCUT2D eigenvalue weighted by atomic mass is 10.1. The molecule has 0 fully saturated rings. The number of hydrogen-bond acceptors (Lipinski definition) is 1. The molecule has 0 amide bonds. The fourth-order valence-corrected chi connectivity index (χ4v) is 3.74. The molecule has 16 heavy (non-hydrogen) atoms. The first-order valence-electron chi connectivity index (χ1n) is 4.42. The summed E-state index contributed by atoms with van der Waals surface area (Å²) in [6.45, 7) is 0. The summed E-state index contributed by atoms with van der Waals surface area (Å²) < 4.78 is 15.0. The quantitative estimate of drug-likeness (QED) is 0.579. The van der Waals surface area contributed by atoms with E-state index in [2.05, 4.69) is 31.9 Å². The van der Waals surface area contributed by atoms with E-state index in [1.807, 2.05) is 12.1 Å². The van der Waals surface area contributed by atoms with Crippen molar-refractivity contribution < 1.29 is 4.39 Å². The van der Waals surface area contributed by atoms with Crippen LogP contribution in [0, 0.1) is 5.82 Å². The Labute approximate surface area is 119 Å². The Morgan fingerprint density at radius 1 is 1.19 bits per heavy atom. The third-order valence-electron chi connectivity index (χ3n) is 2.07. The highest BCUT2D eigenvalue weighted by Gasteiger charge is 2.16. The van der Waals surface area contributed by atoms with Crippen molar-refractivity contribution >= 4 is 54.8 Å². The number of rotatable bonds is 2. The molecule has 2 rings (SSSR count). The molecule has 1 heterocycles. The maximum Gasteiger partial charge on any atom is 0.123 e. The number of thiophene rings is 1. The van der Waals surface area contributed by atoms with Crippen LogP contribution in [0.4, 0.5) is 4.39 Å². The fourth-order valence-electron chi connectivity index (χ4n) is 1.33. The van der Waals surface area contributed by atoms with Crippen molar-refractivity contribution in [3.8, 4) is 0 Å². The lowest BCUT2D eigenvalue weighted by molar-refractivity contribution is 0.625. The summed E-state index contributed by atoms with van der Waals surface area (Å²) >= 11 is 14.6. The average Bonchev–Trinajstić information content (AvgIpc) is 2.67. The molecule has 1 unspecified atom stereocenters. The van der Waals surface area contributed by atoms with Gasteiger partial charge >= 0.3 is 0 Å². The summed E-state index contributed by atoms with van der Waals surface area (Å²) in [5.74, 6) is -0.278. The van der Waals surface area contributed by atoms with Gasteiger partial charge in [0.2, 0.25) is 0 Å². The van der Waals surface area contributed by atoms with Crippen LogP contribution in [0.25, 0.3) is 0 Å². The van der Waals surface area contributed by atoms with Crippen LogP contribution in [0.3, 0.4) is 0 Å². The molecule has 2 aromatic rings. The molecule has 1 aromatic carbocycles. The molecule has 0 saturated heterocycles. The van der Waals surface area contributed by atoms with Crippen LogP contribution in [0.5, 0.6) is 0 Å². The number of hydrogen-bond donors (Lipinski definition) is 0. The Kier molecular flexibility index (Phi) is 4.06. The second kappa shape index (κ2) is 5.17. The van der Waals surface area contributed by atoms with Gasteiger partial charge in [0.25, 0.3) is 0 Å². The zero-order valence-electron chi connectivity index (χ0n) is 7.88. The molecule has 84 valence electrons. The number of halogens is 4. The largest absolute Gasteiger partial charge is 0.207 e. The lowest BCUT2D eigenvalue weighted by Gasteiger charge is -2.10. The van der Waals surface area contributed by atoms with Crippen molar-refractivity contribution in [3.63, 3.8) is 0 Å². The third-order valence-corrected chi connectivity index (χ3v) is 5.09. The molecule has 0 aliphatic rings. The van der Waals surface area contributed by atoms with Crippen LogP contribution in [0.15, 0.2) is 38.6 Å². The van der Waals surface area contributed by atoms with Crippen molar-refractivity contribution in [3.05, 3.63) is 54.8 Å². The first-order valence-corrected chi connectivity index (χ1v) is 7.26. The van der Waals surface area contributed by atoms with Crippen molar-refractivity contribution in [1.82, 2.24) is 0 Å². The molecule has 1 atom stereocenters. The van der Waals surface area contributed by atoms with Crippen LogP contribution >= 0.6 is 54.8 Å². The van der Waals surface area contributed by atoms with Crippen LogP contribution in [-0.4, -0.2) is 0 Å². The Bertz CT molecular complexity index is 512. The number of alkyl halides is 1. The first-order chi connectivity index (χ1) is 7.58. The molecule has 0 N–H and O–H groups in total. The van der Waals surface area contributed by atoms with Gasteiger partial charge in [0, 0.05) is 9.35 Å². The molecule has 0 aliphatic heterocycles. The fraction of sp³-hybridized carbons (Fsp3) is 0.0909. The molecule has 0 aliphatic carbocycles. The van der Waals surface area contributed by atoms with Crippen LogP contribution < -0.4 is 0 Å².